The molecule has 6 nitrogen and oxygen atoms in total. The topological polar surface area (TPSA) is 78.8 Å². The number of carbonyl (C=O) groups excluding carboxylic acids is 3. The summed E-state index contributed by atoms with van der Waals surface area (Å²) in [5, 5.41) is 2.05. The predicted molar refractivity (Wildman–Crippen MR) is 98.2 cm³/mol. The molecule has 2 aromatic carbocycles. The molecule has 2 aromatic rings. The summed E-state index contributed by atoms with van der Waals surface area (Å²) in [5.74, 6) is -3.71. The second-order valence-corrected chi connectivity index (χ2v) is 6.40. The van der Waals surface area contributed by atoms with E-state index in [0.29, 0.717) is 10.6 Å². The summed E-state index contributed by atoms with van der Waals surface area (Å²) in [6.07, 6.45) is 1.16. The van der Waals surface area contributed by atoms with E-state index in [1.54, 1.807) is 18.2 Å². The number of imide groups is 2. The first-order valence-electron chi connectivity index (χ1n) is 7.20. The van der Waals surface area contributed by atoms with Crippen molar-refractivity contribution in [3.8, 4) is 0 Å². The van der Waals surface area contributed by atoms with Crippen LogP contribution in [0.2, 0.25) is 0 Å². The van der Waals surface area contributed by atoms with Gasteiger partial charge in [0, 0.05) is 9.78 Å². The molecule has 3 rings (SSSR count). The molecule has 1 aliphatic heterocycles. The van der Waals surface area contributed by atoms with Crippen molar-refractivity contribution in [2.45, 2.75) is 0 Å². The zero-order valence-electron chi connectivity index (χ0n) is 12.6. The lowest BCUT2D eigenvalue weighted by atomic mass is 10.1. The molecule has 1 heterocycles. The van der Waals surface area contributed by atoms with Gasteiger partial charge in [0.15, 0.2) is 5.92 Å². The second kappa shape index (κ2) is 7.09. The number of barbiturate groups is 1. The number of nitrogens with zero attached hydrogens (tertiary/aromatic N) is 2. The van der Waals surface area contributed by atoms with Crippen LogP contribution in [-0.4, -0.2) is 24.1 Å². The minimum atomic E-state index is -1.32. The number of urea groups is 1. The molecule has 1 saturated heterocycles. The molecular formula is C17H11FIN3O3. The number of hydrogen-bond acceptors (Lipinski definition) is 4. The van der Waals surface area contributed by atoms with Crippen LogP contribution >= 0.6 is 22.6 Å². The third kappa shape index (κ3) is 3.58. The van der Waals surface area contributed by atoms with Crippen molar-refractivity contribution in [2.75, 3.05) is 4.90 Å². The minimum Gasteiger partial charge on any atom is -0.276 e. The van der Waals surface area contributed by atoms with Crippen LogP contribution in [0.25, 0.3) is 0 Å². The maximum absolute atomic E-state index is 13.9. The van der Waals surface area contributed by atoms with Crippen molar-refractivity contribution in [1.82, 2.24) is 5.32 Å². The van der Waals surface area contributed by atoms with E-state index in [-0.39, 0.29) is 5.69 Å². The first-order chi connectivity index (χ1) is 12.0. The van der Waals surface area contributed by atoms with Crippen LogP contribution in [0.1, 0.15) is 0 Å². The maximum Gasteiger partial charge on any atom is 0.335 e. The number of benzene rings is 2. The summed E-state index contributed by atoms with van der Waals surface area (Å²) in [5.41, 5.74) is 0.340. The molecule has 1 aliphatic rings. The van der Waals surface area contributed by atoms with E-state index in [1.807, 2.05) is 6.07 Å². The van der Waals surface area contributed by atoms with E-state index in [9.17, 15) is 18.8 Å². The molecule has 0 unspecified atom stereocenters. The number of para-hydroxylation sites is 1. The molecule has 0 saturated carbocycles. The lowest BCUT2D eigenvalue weighted by Gasteiger charge is -2.28. The molecule has 0 aliphatic carbocycles. The molecule has 0 radical (unpaired) electrons. The average molecular weight is 451 g/mol. The van der Waals surface area contributed by atoms with Crippen molar-refractivity contribution < 1.29 is 18.8 Å². The monoisotopic (exact) mass is 451 g/mol. The van der Waals surface area contributed by atoms with Gasteiger partial charge in [-0.15, -0.1) is 0 Å². The molecule has 4 amide bonds. The highest BCUT2D eigenvalue weighted by atomic mass is 127. The van der Waals surface area contributed by atoms with Crippen LogP contribution in [0, 0.1) is 15.3 Å². The molecule has 1 N–H and O–H groups in total. The zero-order chi connectivity index (χ0) is 18.0. The number of rotatable bonds is 3. The van der Waals surface area contributed by atoms with Crippen molar-refractivity contribution in [3.05, 3.63) is 57.9 Å². The van der Waals surface area contributed by atoms with Gasteiger partial charge in [0.1, 0.15) is 5.82 Å². The van der Waals surface area contributed by atoms with Crippen LogP contribution in [0.5, 0.6) is 0 Å². The number of hydrogen-bond donors (Lipinski definition) is 1. The fourth-order valence-corrected chi connectivity index (χ4v) is 2.83. The summed E-state index contributed by atoms with van der Waals surface area (Å²) in [6.45, 7) is 0. The van der Waals surface area contributed by atoms with Crippen LogP contribution in [0.3, 0.4) is 0 Å². The lowest BCUT2D eigenvalue weighted by Crippen LogP contribution is -2.58. The Balaban J connectivity index is 1.92. The Bertz CT molecular complexity index is 900. The molecule has 0 bridgehead atoms. The Morgan fingerprint density at radius 3 is 2.60 bits per heavy atom. The van der Waals surface area contributed by atoms with Gasteiger partial charge >= 0.3 is 6.03 Å². The molecule has 1 fully saturated rings. The van der Waals surface area contributed by atoms with Gasteiger partial charge in [-0.25, -0.2) is 14.1 Å². The Morgan fingerprint density at radius 2 is 1.88 bits per heavy atom. The first kappa shape index (κ1) is 17.2. The normalized spacial score (nSPS) is 17.9. The lowest BCUT2D eigenvalue weighted by molar-refractivity contribution is -0.131. The molecule has 0 spiro atoms. The summed E-state index contributed by atoms with van der Waals surface area (Å²) >= 11 is 2.11. The van der Waals surface area contributed by atoms with E-state index < -0.39 is 29.6 Å². The number of amides is 4. The third-order valence-corrected chi connectivity index (χ3v) is 4.15. The summed E-state index contributed by atoms with van der Waals surface area (Å²) < 4.78 is 14.9. The van der Waals surface area contributed by atoms with Crippen molar-refractivity contribution in [1.29, 1.82) is 0 Å². The van der Waals surface area contributed by atoms with E-state index in [4.69, 9.17) is 0 Å². The zero-order valence-corrected chi connectivity index (χ0v) is 14.8. The van der Waals surface area contributed by atoms with Crippen molar-refractivity contribution in [2.24, 2.45) is 10.9 Å². The van der Waals surface area contributed by atoms with Gasteiger partial charge in [0.2, 0.25) is 5.91 Å². The molecule has 126 valence electrons. The van der Waals surface area contributed by atoms with Gasteiger partial charge in [-0.05, 0) is 52.9 Å². The first-order valence-corrected chi connectivity index (χ1v) is 8.28. The fourth-order valence-electron chi connectivity index (χ4n) is 2.30. The standard InChI is InChI=1S/C17H11FIN3O3/c18-13-6-1-2-7-14(13)22-16(24)12(15(23)21-17(22)25)9-20-11-5-3-4-10(19)8-11/h1-9,12H,(H,21,23,25)/t12-/m1/s1. The van der Waals surface area contributed by atoms with E-state index in [1.165, 1.54) is 18.2 Å². The van der Waals surface area contributed by atoms with Gasteiger partial charge in [-0.2, -0.15) is 0 Å². The number of carbonyl (C=O) groups is 3. The Labute approximate surface area is 155 Å². The van der Waals surface area contributed by atoms with Gasteiger partial charge in [-0.1, -0.05) is 18.2 Å². The highest BCUT2D eigenvalue weighted by Crippen LogP contribution is 2.23. The quantitative estimate of drug-likeness (QED) is 0.443. The molecular weight excluding hydrogens is 440 g/mol. The average Bonchev–Trinajstić information content (AvgIpc) is 2.56. The van der Waals surface area contributed by atoms with Gasteiger partial charge in [0.25, 0.3) is 5.91 Å². The summed E-state index contributed by atoms with van der Waals surface area (Å²) in [6, 6.07) is 11.5. The largest absolute Gasteiger partial charge is 0.335 e. The minimum absolute atomic E-state index is 0.217. The maximum atomic E-state index is 13.9. The summed E-state index contributed by atoms with van der Waals surface area (Å²) in [7, 11) is 0. The van der Waals surface area contributed by atoms with Gasteiger partial charge < -0.3 is 0 Å². The van der Waals surface area contributed by atoms with Crippen LogP contribution < -0.4 is 10.2 Å². The van der Waals surface area contributed by atoms with Crippen molar-refractivity contribution >= 4 is 58.0 Å². The summed E-state index contributed by atoms with van der Waals surface area (Å²) in [4.78, 5) is 41.3. The van der Waals surface area contributed by atoms with Crippen LogP contribution in [-0.2, 0) is 9.59 Å². The Kier molecular flexibility index (Phi) is 4.88. The molecule has 1 atom stereocenters. The smallest absolute Gasteiger partial charge is 0.276 e. The van der Waals surface area contributed by atoms with Gasteiger partial charge in [0.05, 0.1) is 11.4 Å². The SMILES string of the molecule is O=C1NC(=O)N(c2ccccc2F)C(=O)[C@@H]1C=Nc1cccc(I)c1. The predicted octanol–water partition coefficient (Wildman–Crippen LogP) is 3.03. The number of anilines is 1. The Morgan fingerprint density at radius 1 is 1.12 bits per heavy atom. The van der Waals surface area contributed by atoms with Crippen LogP contribution in [0.15, 0.2) is 53.5 Å². The highest BCUT2D eigenvalue weighted by molar-refractivity contribution is 14.1. The number of aliphatic imine (C=N–C) groups is 1. The van der Waals surface area contributed by atoms with E-state index in [2.05, 4.69) is 32.9 Å². The fraction of sp³-hybridized carbons (Fsp3) is 0.0588. The van der Waals surface area contributed by atoms with E-state index >= 15 is 0 Å². The Hall–Kier alpha value is -2.62. The highest BCUT2D eigenvalue weighted by Gasteiger charge is 2.41. The number of nitrogens with one attached hydrogen (secondary N) is 1. The van der Waals surface area contributed by atoms with Gasteiger partial charge in [-0.3, -0.25) is 19.9 Å². The van der Waals surface area contributed by atoms with E-state index in [0.717, 1.165) is 15.9 Å². The molecule has 0 aromatic heterocycles. The van der Waals surface area contributed by atoms with Crippen molar-refractivity contribution in [3.63, 3.8) is 0 Å². The number of halogens is 2. The third-order valence-electron chi connectivity index (χ3n) is 3.48. The molecule has 8 heteroatoms. The van der Waals surface area contributed by atoms with Crippen LogP contribution in [0.4, 0.5) is 20.6 Å². The molecule has 25 heavy (non-hydrogen) atoms. The second-order valence-electron chi connectivity index (χ2n) is 5.16.